The Morgan fingerprint density at radius 3 is 2.50 bits per heavy atom. The third-order valence-corrected chi connectivity index (χ3v) is 3.84. The van der Waals surface area contributed by atoms with Gasteiger partial charge < -0.3 is 5.11 Å². The van der Waals surface area contributed by atoms with Crippen LogP contribution in [-0.4, -0.2) is 34.8 Å². The van der Waals surface area contributed by atoms with Crippen molar-refractivity contribution >= 4 is 27.7 Å². The average molecular weight is 312 g/mol. The summed E-state index contributed by atoms with van der Waals surface area (Å²) in [6.45, 7) is 3.03. The van der Waals surface area contributed by atoms with Crippen molar-refractivity contribution in [1.82, 2.24) is 4.90 Å². The van der Waals surface area contributed by atoms with E-state index in [0.29, 0.717) is 0 Å². The minimum absolute atomic E-state index is 0.208. The van der Waals surface area contributed by atoms with Gasteiger partial charge in [0.1, 0.15) is 0 Å². The Balaban J connectivity index is 2.14. The Hall–Kier alpha value is -1.20. The number of carboxylic acid groups (broad SMARTS) is 1. The number of carbonyl (C=O) groups is 2. The van der Waals surface area contributed by atoms with Gasteiger partial charge >= 0.3 is 5.97 Å². The summed E-state index contributed by atoms with van der Waals surface area (Å²) in [4.78, 5) is 24.3. The number of carboxylic acids is 1. The Labute approximate surface area is 114 Å². The van der Waals surface area contributed by atoms with Gasteiger partial charge in [-0.15, -0.1) is 0 Å². The van der Waals surface area contributed by atoms with Crippen LogP contribution >= 0.6 is 15.9 Å². The maximum atomic E-state index is 11.3. The molecule has 0 unspecified atom stereocenters. The highest BCUT2D eigenvalue weighted by Crippen LogP contribution is 2.22. The first-order valence-electron chi connectivity index (χ1n) is 5.86. The van der Waals surface area contributed by atoms with E-state index in [9.17, 15) is 9.59 Å². The molecule has 5 heteroatoms. The van der Waals surface area contributed by atoms with Crippen LogP contribution in [0.25, 0.3) is 0 Å². The summed E-state index contributed by atoms with van der Waals surface area (Å²) in [7, 11) is 0. The monoisotopic (exact) mass is 311 g/mol. The molecule has 4 nitrogen and oxygen atoms in total. The first-order chi connectivity index (χ1) is 8.58. The number of benzene rings is 1. The van der Waals surface area contributed by atoms with Crippen molar-refractivity contribution in [2.45, 2.75) is 19.4 Å². The predicted molar refractivity (Wildman–Crippen MR) is 70.6 cm³/mol. The number of likely N-dealkylation sites (tertiary alicyclic amines) is 1. The smallest absolute Gasteiger partial charge is 0.377 e. The molecule has 0 saturated carbocycles. The summed E-state index contributed by atoms with van der Waals surface area (Å²) in [5.74, 6) is -2.29. The number of halogens is 1. The van der Waals surface area contributed by atoms with Gasteiger partial charge in [0.15, 0.2) is 0 Å². The second-order valence-corrected chi connectivity index (χ2v) is 5.28. The fourth-order valence-corrected chi connectivity index (χ4v) is 2.63. The van der Waals surface area contributed by atoms with Crippen molar-refractivity contribution < 1.29 is 14.7 Å². The molecule has 0 radical (unpaired) electrons. The summed E-state index contributed by atoms with van der Waals surface area (Å²) in [6, 6.07) is 4.98. The van der Waals surface area contributed by atoms with E-state index in [0.717, 1.165) is 29.7 Å². The molecule has 0 aliphatic carbocycles. The summed E-state index contributed by atoms with van der Waals surface area (Å²) in [6.07, 6.45) is 2.46. The van der Waals surface area contributed by atoms with Crippen molar-refractivity contribution in [2.24, 2.45) is 0 Å². The molecule has 1 saturated heterocycles. The number of carbonyl (C=O) groups excluding carboxylic acids is 1. The molecule has 1 aromatic rings. The molecule has 0 amide bonds. The lowest BCUT2D eigenvalue weighted by atomic mass is 10.1. The Morgan fingerprint density at radius 1 is 1.28 bits per heavy atom. The standard InChI is InChI=1S/C13H14BrNO3/c14-11-7-9(12(16)13(17)18)3-4-10(11)8-15-5-1-2-6-15/h3-4,7H,1-2,5-6,8H2,(H,17,18). The van der Waals surface area contributed by atoms with E-state index in [2.05, 4.69) is 20.8 Å². The Morgan fingerprint density at radius 2 is 1.94 bits per heavy atom. The van der Waals surface area contributed by atoms with E-state index < -0.39 is 11.8 Å². The fourth-order valence-electron chi connectivity index (χ4n) is 2.12. The quantitative estimate of drug-likeness (QED) is 0.685. The van der Waals surface area contributed by atoms with E-state index in [1.54, 1.807) is 12.1 Å². The molecule has 0 bridgehead atoms. The molecule has 0 spiro atoms. The lowest BCUT2D eigenvalue weighted by Crippen LogP contribution is -2.19. The molecule has 1 aromatic carbocycles. The van der Waals surface area contributed by atoms with Crippen LogP contribution in [0.4, 0.5) is 0 Å². The van der Waals surface area contributed by atoms with Crippen LogP contribution in [-0.2, 0) is 11.3 Å². The molecule has 1 aliphatic rings. The van der Waals surface area contributed by atoms with E-state index >= 15 is 0 Å². The van der Waals surface area contributed by atoms with Gasteiger partial charge in [-0.3, -0.25) is 9.69 Å². The summed E-state index contributed by atoms with van der Waals surface area (Å²) in [5.41, 5.74) is 1.29. The normalized spacial score (nSPS) is 15.8. The third-order valence-electron chi connectivity index (χ3n) is 3.10. The molecule has 1 heterocycles. The second kappa shape index (κ2) is 5.63. The fraction of sp³-hybridized carbons (Fsp3) is 0.385. The molecule has 1 aliphatic heterocycles. The van der Waals surface area contributed by atoms with Crippen LogP contribution in [0.15, 0.2) is 22.7 Å². The van der Waals surface area contributed by atoms with Gasteiger partial charge in [0.05, 0.1) is 0 Å². The zero-order chi connectivity index (χ0) is 13.1. The van der Waals surface area contributed by atoms with Crippen molar-refractivity contribution in [3.05, 3.63) is 33.8 Å². The topological polar surface area (TPSA) is 57.6 Å². The number of rotatable bonds is 4. The number of Topliss-reactive ketones (excluding diaryl/α,β-unsaturated/α-hetero) is 1. The number of aliphatic carboxylic acids is 1. The van der Waals surface area contributed by atoms with E-state index in [1.165, 1.54) is 12.8 Å². The Kier molecular flexibility index (Phi) is 4.14. The maximum Gasteiger partial charge on any atom is 0.377 e. The lowest BCUT2D eigenvalue weighted by Gasteiger charge is -2.15. The summed E-state index contributed by atoms with van der Waals surface area (Å²) in [5, 5.41) is 8.65. The molecule has 0 aromatic heterocycles. The van der Waals surface area contributed by atoms with Gasteiger partial charge in [-0.1, -0.05) is 28.1 Å². The van der Waals surface area contributed by atoms with Crippen molar-refractivity contribution in [3.8, 4) is 0 Å². The summed E-state index contributed by atoms with van der Waals surface area (Å²) < 4.78 is 0.793. The highest BCUT2D eigenvalue weighted by Gasteiger charge is 2.17. The number of hydrogen-bond acceptors (Lipinski definition) is 3. The number of ketones is 1. The molecule has 1 fully saturated rings. The highest BCUT2D eigenvalue weighted by molar-refractivity contribution is 9.10. The van der Waals surface area contributed by atoms with Crippen molar-refractivity contribution in [1.29, 1.82) is 0 Å². The van der Waals surface area contributed by atoms with Gasteiger partial charge in [0, 0.05) is 16.6 Å². The van der Waals surface area contributed by atoms with Gasteiger partial charge in [-0.05, 0) is 37.6 Å². The van der Waals surface area contributed by atoms with Gasteiger partial charge in [-0.25, -0.2) is 4.79 Å². The van der Waals surface area contributed by atoms with E-state index in [1.807, 2.05) is 6.07 Å². The van der Waals surface area contributed by atoms with Crippen LogP contribution in [0.2, 0.25) is 0 Å². The minimum atomic E-state index is -1.42. The Bertz CT molecular complexity index is 481. The number of hydrogen-bond donors (Lipinski definition) is 1. The SMILES string of the molecule is O=C(O)C(=O)c1ccc(CN2CCCC2)c(Br)c1. The molecule has 96 valence electrons. The highest BCUT2D eigenvalue weighted by atomic mass is 79.9. The first kappa shape index (κ1) is 13.2. The van der Waals surface area contributed by atoms with Crippen LogP contribution < -0.4 is 0 Å². The molecular formula is C13H14BrNO3. The molecule has 1 N–H and O–H groups in total. The summed E-state index contributed by atoms with van der Waals surface area (Å²) >= 11 is 3.40. The van der Waals surface area contributed by atoms with Gasteiger partial charge in [-0.2, -0.15) is 0 Å². The second-order valence-electron chi connectivity index (χ2n) is 4.42. The van der Waals surface area contributed by atoms with Crippen molar-refractivity contribution in [2.75, 3.05) is 13.1 Å². The van der Waals surface area contributed by atoms with Crippen LogP contribution in [0.1, 0.15) is 28.8 Å². The van der Waals surface area contributed by atoms with Crippen LogP contribution in [0.5, 0.6) is 0 Å². The zero-order valence-electron chi connectivity index (χ0n) is 9.86. The van der Waals surface area contributed by atoms with Crippen molar-refractivity contribution in [3.63, 3.8) is 0 Å². The van der Waals surface area contributed by atoms with E-state index in [-0.39, 0.29) is 5.56 Å². The molecular weight excluding hydrogens is 298 g/mol. The van der Waals surface area contributed by atoms with Gasteiger partial charge in [0.2, 0.25) is 0 Å². The molecule has 18 heavy (non-hydrogen) atoms. The predicted octanol–water partition coefficient (Wildman–Crippen LogP) is 2.31. The van der Waals surface area contributed by atoms with E-state index in [4.69, 9.17) is 5.11 Å². The lowest BCUT2D eigenvalue weighted by molar-refractivity contribution is -0.131. The zero-order valence-corrected chi connectivity index (χ0v) is 11.4. The maximum absolute atomic E-state index is 11.3. The first-order valence-corrected chi connectivity index (χ1v) is 6.65. The molecule has 2 rings (SSSR count). The van der Waals surface area contributed by atoms with Gasteiger partial charge in [0.25, 0.3) is 5.78 Å². The number of nitrogens with zero attached hydrogens (tertiary/aromatic N) is 1. The largest absolute Gasteiger partial charge is 0.475 e. The average Bonchev–Trinajstić information content (AvgIpc) is 2.83. The van der Waals surface area contributed by atoms with Crippen LogP contribution in [0.3, 0.4) is 0 Å². The third kappa shape index (κ3) is 2.97. The van der Waals surface area contributed by atoms with Crippen LogP contribution in [0, 0.1) is 0 Å². The minimum Gasteiger partial charge on any atom is -0.475 e. The molecule has 0 atom stereocenters.